The van der Waals surface area contributed by atoms with Gasteiger partial charge < -0.3 is 11.1 Å². The minimum absolute atomic E-state index is 0.0440. The zero-order chi connectivity index (χ0) is 13.2. The predicted octanol–water partition coefficient (Wildman–Crippen LogP) is 2.10. The Hall–Kier alpha value is -1.92. The van der Waals surface area contributed by atoms with Crippen LogP contribution in [0.25, 0.3) is 0 Å². The number of aromatic nitrogens is 2. The van der Waals surface area contributed by atoms with E-state index in [1.54, 1.807) is 0 Å². The Kier molecular flexibility index (Phi) is 3.31. The van der Waals surface area contributed by atoms with Crippen LogP contribution < -0.4 is 11.1 Å². The molecule has 1 aromatic heterocycles. The summed E-state index contributed by atoms with van der Waals surface area (Å²) < 4.78 is 0. The molecule has 98 valence electrons. The molecule has 1 fully saturated rings. The summed E-state index contributed by atoms with van der Waals surface area (Å²) in [7, 11) is 0. The maximum atomic E-state index is 10.9. The molecule has 3 N–H and O–H groups in total. The summed E-state index contributed by atoms with van der Waals surface area (Å²) in [6, 6.07) is 0. The maximum Gasteiger partial charge on any atom is 0.329 e. The second-order valence-electron chi connectivity index (χ2n) is 4.97. The minimum Gasteiger partial charge on any atom is -0.368 e. The topological polar surface area (TPSA) is 107 Å². The van der Waals surface area contributed by atoms with E-state index in [9.17, 15) is 10.1 Å². The van der Waals surface area contributed by atoms with Crippen molar-refractivity contribution in [2.45, 2.75) is 44.6 Å². The fourth-order valence-electron chi connectivity index (χ4n) is 2.36. The highest BCUT2D eigenvalue weighted by Gasteiger charge is 2.30. The normalized spacial score (nSPS) is 18.3. The van der Waals surface area contributed by atoms with Crippen LogP contribution in [0.15, 0.2) is 6.20 Å². The number of nitrogen functional groups attached to an aromatic ring is 1. The molecular weight excluding hydrogens is 234 g/mol. The van der Waals surface area contributed by atoms with Gasteiger partial charge in [0, 0.05) is 5.54 Å². The molecule has 0 radical (unpaired) electrons. The first-order valence-corrected chi connectivity index (χ1v) is 6.05. The first kappa shape index (κ1) is 12.5. The Morgan fingerprint density at radius 2 is 2.11 bits per heavy atom. The molecule has 0 amide bonds. The first-order chi connectivity index (χ1) is 8.50. The molecule has 1 heterocycles. The van der Waals surface area contributed by atoms with Gasteiger partial charge in [0.05, 0.1) is 4.92 Å². The van der Waals surface area contributed by atoms with Crippen molar-refractivity contribution in [2.75, 3.05) is 11.1 Å². The van der Waals surface area contributed by atoms with E-state index < -0.39 is 4.92 Å². The lowest BCUT2D eigenvalue weighted by atomic mass is 9.83. The molecule has 1 aliphatic rings. The number of hydrogen-bond acceptors (Lipinski definition) is 6. The summed E-state index contributed by atoms with van der Waals surface area (Å²) in [4.78, 5) is 18.0. The lowest BCUT2D eigenvalue weighted by Gasteiger charge is -2.34. The summed E-state index contributed by atoms with van der Waals surface area (Å²) in [5, 5.41) is 14.1. The molecule has 7 nitrogen and oxygen atoms in total. The minimum atomic E-state index is -0.492. The molecule has 2 rings (SSSR count). The van der Waals surface area contributed by atoms with Crippen molar-refractivity contribution in [3.05, 3.63) is 16.3 Å². The van der Waals surface area contributed by atoms with Crippen LogP contribution in [-0.2, 0) is 0 Å². The van der Waals surface area contributed by atoms with Crippen molar-refractivity contribution in [2.24, 2.45) is 0 Å². The molecule has 0 saturated heterocycles. The lowest BCUT2D eigenvalue weighted by molar-refractivity contribution is -0.384. The number of nitrogens with two attached hydrogens (primary N) is 1. The molecule has 0 unspecified atom stereocenters. The van der Waals surface area contributed by atoms with Gasteiger partial charge in [-0.25, -0.2) is 4.98 Å². The Labute approximate surface area is 105 Å². The number of rotatable bonds is 3. The Morgan fingerprint density at radius 1 is 1.44 bits per heavy atom. The fourth-order valence-corrected chi connectivity index (χ4v) is 2.36. The first-order valence-electron chi connectivity index (χ1n) is 6.05. The molecule has 0 aliphatic heterocycles. The quantitative estimate of drug-likeness (QED) is 0.629. The van der Waals surface area contributed by atoms with Crippen molar-refractivity contribution in [3.63, 3.8) is 0 Å². The fraction of sp³-hybridized carbons (Fsp3) is 0.636. The third-order valence-corrected chi connectivity index (χ3v) is 3.36. The zero-order valence-corrected chi connectivity index (χ0v) is 10.3. The highest BCUT2D eigenvalue weighted by atomic mass is 16.6. The van der Waals surface area contributed by atoms with Gasteiger partial charge in [0.25, 0.3) is 0 Å². The zero-order valence-electron chi connectivity index (χ0n) is 10.3. The summed E-state index contributed by atoms with van der Waals surface area (Å²) in [5.41, 5.74) is 5.21. The van der Waals surface area contributed by atoms with Gasteiger partial charge in [-0.3, -0.25) is 10.1 Å². The predicted molar refractivity (Wildman–Crippen MR) is 68.2 cm³/mol. The average Bonchev–Trinajstić information content (AvgIpc) is 2.28. The maximum absolute atomic E-state index is 10.9. The van der Waals surface area contributed by atoms with Gasteiger partial charge in [0.1, 0.15) is 6.20 Å². The van der Waals surface area contributed by atoms with Gasteiger partial charge in [-0.15, -0.1) is 0 Å². The molecule has 0 aromatic carbocycles. The van der Waals surface area contributed by atoms with Crippen LogP contribution in [0.5, 0.6) is 0 Å². The van der Waals surface area contributed by atoms with Crippen LogP contribution in [0.4, 0.5) is 17.5 Å². The van der Waals surface area contributed by atoms with Gasteiger partial charge in [-0.1, -0.05) is 19.3 Å². The summed E-state index contributed by atoms with van der Waals surface area (Å²) in [6.07, 6.45) is 6.57. The monoisotopic (exact) mass is 251 g/mol. The largest absolute Gasteiger partial charge is 0.368 e. The average molecular weight is 251 g/mol. The number of nitrogens with one attached hydrogen (secondary N) is 1. The van der Waals surface area contributed by atoms with Crippen LogP contribution in [0.3, 0.4) is 0 Å². The van der Waals surface area contributed by atoms with Crippen LogP contribution in [-0.4, -0.2) is 20.4 Å². The molecule has 0 spiro atoms. The molecule has 0 atom stereocenters. The smallest absolute Gasteiger partial charge is 0.329 e. The molecule has 1 aliphatic carbocycles. The Balaban J connectivity index is 2.26. The second-order valence-corrected chi connectivity index (χ2v) is 4.97. The van der Waals surface area contributed by atoms with Crippen molar-refractivity contribution in [3.8, 4) is 0 Å². The highest BCUT2D eigenvalue weighted by Crippen LogP contribution is 2.33. The lowest BCUT2D eigenvalue weighted by Crippen LogP contribution is -2.37. The standard InChI is InChI=1S/C11H17N5O2/c1-11(5-3-2-4-6-11)15-9-8(16(17)18)7-13-10(12)14-9/h7H,2-6H2,1H3,(H3,12,13,14,15). The van der Waals surface area contributed by atoms with Crippen LogP contribution in [0.2, 0.25) is 0 Å². The van der Waals surface area contributed by atoms with E-state index in [-0.39, 0.29) is 23.0 Å². The number of anilines is 2. The van der Waals surface area contributed by atoms with Crippen molar-refractivity contribution < 1.29 is 4.92 Å². The third kappa shape index (κ3) is 2.66. The summed E-state index contributed by atoms with van der Waals surface area (Å²) in [5.74, 6) is 0.263. The van der Waals surface area contributed by atoms with E-state index >= 15 is 0 Å². The van der Waals surface area contributed by atoms with E-state index in [0.717, 1.165) is 31.9 Å². The molecule has 18 heavy (non-hydrogen) atoms. The third-order valence-electron chi connectivity index (χ3n) is 3.36. The van der Waals surface area contributed by atoms with Crippen molar-refractivity contribution >= 4 is 17.5 Å². The van der Waals surface area contributed by atoms with Crippen LogP contribution in [0, 0.1) is 10.1 Å². The van der Waals surface area contributed by atoms with Crippen molar-refractivity contribution in [1.82, 2.24) is 9.97 Å². The molecule has 0 bridgehead atoms. The highest BCUT2D eigenvalue weighted by molar-refractivity contribution is 5.57. The molecule has 7 heteroatoms. The van der Waals surface area contributed by atoms with Crippen molar-refractivity contribution in [1.29, 1.82) is 0 Å². The molecule has 1 saturated carbocycles. The molecule has 1 aromatic rings. The summed E-state index contributed by atoms with van der Waals surface area (Å²) in [6.45, 7) is 2.06. The van der Waals surface area contributed by atoms with Gasteiger partial charge in [0.2, 0.25) is 11.8 Å². The van der Waals surface area contributed by atoms with E-state index in [1.807, 2.05) is 0 Å². The summed E-state index contributed by atoms with van der Waals surface area (Å²) >= 11 is 0. The second kappa shape index (κ2) is 4.75. The van der Waals surface area contributed by atoms with Gasteiger partial charge in [-0.2, -0.15) is 4.98 Å². The number of hydrogen-bond donors (Lipinski definition) is 2. The van der Waals surface area contributed by atoms with E-state index in [4.69, 9.17) is 5.73 Å². The van der Waals surface area contributed by atoms with Crippen LogP contribution in [0.1, 0.15) is 39.0 Å². The Bertz CT molecular complexity index is 457. The number of nitrogens with zero attached hydrogens (tertiary/aromatic N) is 3. The van der Waals surface area contributed by atoms with E-state index in [0.29, 0.717) is 0 Å². The van der Waals surface area contributed by atoms with Gasteiger partial charge >= 0.3 is 5.69 Å². The molecular formula is C11H17N5O2. The van der Waals surface area contributed by atoms with E-state index in [1.165, 1.54) is 6.42 Å². The SMILES string of the molecule is CC1(Nc2nc(N)ncc2[N+](=O)[O-])CCCCC1. The Morgan fingerprint density at radius 3 is 2.72 bits per heavy atom. The van der Waals surface area contributed by atoms with Crippen LogP contribution >= 0.6 is 0 Å². The van der Waals surface area contributed by atoms with Gasteiger partial charge in [-0.05, 0) is 19.8 Å². The van der Waals surface area contributed by atoms with E-state index in [2.05, 4.69) is 22.2 Å². The number of nitro groups is 1. The van der Waals surface area contributed by atoms with Gasteiger partial charge in [0.15, 0.2) is 0 Å².